The largest absolute Gasteiger partial charge is 0.360 e. The third-order valence-electron chi connectivity index (χ3n) is 3.17. The first kappa shape index (κ1) is 14.3. The van der Waals surface area contributed by atoms with E-state index >= 15 is 0 Å². The van der Waals surface area contributed by atoms with Crippen LogP contribution in [0, 0.1) is 13.8 Å². The lowest BCUT2D eigenvalue weighted by molar-refractivity contribution is 1.03. The summed E-state index contributed by atoms with van der Waals surface area (Å²) in [5.74, 6) is 0. The maximum absolute atomic E-state index is 5.25. The summed E-state index contributed by atoms with van der Waals surface area (Å²) in [6.07, 6.45) is 1.86. The van der Waals surface area contributed by atoms with Crippen molar-refractivity contribution in [1.82, 2.24) is 10.4 Å². The lowest BCUT2D eigenvalue weighted by Crippen LogP contribution is -2.25. The molecule has 0 bridgehead atoms. The second kappa shape index (κ2) is 6.34. The van der Waals surface area contributed by atoms with Gasteiger partial charge in [0.2, 0.25) is 0 Å². The lowest BCUT2D eigenvalue weighted by Gasteiger charge is -2.11. The van der Waals surface area contributed by atoms with Crippen LogP contribution in [0.5, 0.6) is 0 Å². The monoisotopic (exact) mass is 286 g/mol. The van der Waals surface area contributed by atoms with E-state index in [-0.39, 0.29) is 0 Å². The van der Waals surface area contributed by atoms with Gasteiger partial charge < -0.3 is 10.3 Å². The van der Waals surface area contributed by atoms with Gasteiger partial charge in [0, 0.05) is 11.9 Å². The number of benzene rings is 1. The van der Waals surface area contributed by atoms with Gasteiger partial charge in [0.25, 0.3) is 0 Å². The highest BCUT2D eigenvalue weighted by molar-refractivity contribution is 7.80. The van der Waals surface area contributed by atoms with Crippen LogP contribution >= 0.6 is 12.2 Å². The Balaban J connectivity index is 1.99. The van der Waals surface area contributed by atoms with Crippen molar-refractivity contribution in [1.29, 1.82) is 0 Å². The Labute approximate surface area is 124 Å². The SMILES string of the molecule is C/C(=N\NC(=S)Nc1cccc(C)c1C)c1ccc[nH]1. The van der Waals surface area contributed by atoms with Crippen molar-refractivity contribution < 1.29 is 0 Å². The first-order chi connectivity index (χ1) is 9.58. The fourth-order valence-corrected chi connectivity index (χ4v) is 1.94. The van der Waals surface area contributed by atoms with E-state index in [4.69, 9.17) is 12.2 Å². The minimum Gasteiger partial charge on any atom is -0.360 e. The van der Waals surface area contributed by atoms with Crippen LogP contribution in [0.1, 0.15) is 23.7 Å². The summed E-state index contributed by atoms with van der Waals surface area (Å²) in [4.78, 5) is 3.09. The number of aryl methyl sites for hydroxylation is 1. The standard InChI is InChI=1S/C15H18N4S/c1-10-6-4-7-13(11(10)2)17-15(20)19-18-12(3)14-8-5-9-16-14/h4-9,16H,1-3H3,(H2,17,19,20)/b18-12+. The Morgan fingerprint density at radius 2 is 2.00 bits per heavy atom. The fourth-order valence-electron chi connectivity index (χ4n) is 1.79. The molecule has 0 aliphatic rings. The van der Waals surface area contributed by atoms with Crippen molar-refractivity contribution in [3.05, 3.63) is 53.3 Å². The zero-order valence-electron chi connectivity index (χ0n) is 11.8. The topological polar surface area (TPSA) is 52.2 Å². The molecule has 0 fully saturated rings. The Hall–Kier alpha value is -2.14. The number of aromatic amines is 1. The van der Waals surface area contributed by atoms with Gasteiger partial charge >= 0.3 is 0 Å². The van der Waals surface area contributed by atoms with Crippen molar-refractivity contribution in [2.24, 2.45) is 5.10 Å². The smallest absolute Gasteiger partial charge is 0.191 e. The highest BCUT2D eigenvalue weighted by Crippen LogP contribution is 2.17. The normalized spacial score (nSPS) is 11.2. The van der Waals surface area contributed by atoms with Gasteiger partial charge in [-0.05, 0) is 62.3 Å². The van der Waals surface area contributed by atoms with Gasteiger partial charge in [-0.2, -0.15) is 5.10 Å². The Morgan fingerprint density at radius 3 is 2.70 bits per heavy atom. The van der Waals surface area contributed by atoms with Crippen molar-refractivity contribution in [3.8, 4) is 0 Å². The fraction of sp³-hybridized carbons (Fsp3) is 0.200. The summed E-state index contributed by atoms with van der Waals surface area (Å²) < 4.78 is 0. The molecule has 0 unspecified atom stereocenters. The molecule has 2 rings (SSSR count). The zero-order valence-corrected chi connectivity index (χ0v) is 12.6. The molecule has 1 aromatic carbocycles. The second-order valence-electron chi connectivity index (χ2n) is 4.59. The van der Waals surface area contributed by atoms with Crippen LogP contribution in [0.25, 0.3) is 0 Å². The van der Waals surface area contributed by atoms with Gasteiger partial charge in [-0.1, -0.05) is 12.1 Å². The molecule has 5 heteroatoms. The van der Waals surface area contributed by atoms with Crippen LogP contribution < -0.4 is 10.7 Å². The maximum atomic E-state index is 5.25. The molecule has 0 radical (unpaired) electrons. The van der Waals surface area contributed by atoms with Crippen molar-refractivity contribution in [2.45, 2.75) is 20.8 Å². The first-order valence-electron chi connectivity index (χ1n) is 6.39. The van der Waals surface area contributed by atoms with Crippen molar-refractivity contribution in [3.63, 3.8) is 0 Å². The molecule has 1 heterocycles. The number of thiocarbonyl (C=S) groups is 1. The van der Waals surface area contributed by atoms with Gasteiger partial charge in [-0.3, -0.25) is 5.43 Å². The first-order valence-corrected chi connectivity index (χ1v) is 6.80. The molecule has 4 nitrogen and oxygen atoms in total. The number of nitrogens with one attached hydrogen (secondary N) is 3. The van der Waals surface area contributed by atoms with Crippen LogP contribution in [0.15, 0.2) is 41.6 Å². The Bertz CT molecular complexity index is 629. The predicted molar refractivity (Wildman–Crippen MR) is 88.3 cm³/mol. The van der Waals surface area contributed by atoms with Crippen molar-refractivity contribution >= 4 is 28.7 Å². The summed E-state index contributed by atoms with van der Waals surface area (Å²) in [5.41, 5.74) is 8.07. The Kier molecular flexibility index (Phi) is 4.53. The summed E-state index contributed by atoms with van der Waals surface area (Å²) >= 11 is 5.25. The van der Waals surface area contributed by atoms with E-state index in [2.05, 4.69) is 40.7 Å². The number of H-pyrrole nitrogens is 1. The molecule has 2 aromatic rings. The lowest BCUT2D eigenvalue weighted by atomic mass is 10.1. The molecule has 1 aromatic heterocycles. The third-order valence-corrected chi connectivity index (χ3v) is 3.36. The molecule has 3 N–H and O–H groups in total. The maximum Gasteiger partial charge on any atom is 0.191 e. The average molecular weight is 286 g/mol. The number of hydrogen-bond acceptors (Lipinski definition) is 2. The average Bonchev–Trinajstić information content (AvgIpc) is 2.95. The Morgan fingerprint density at radius 1 is 1.20 bits per heavy atom. The van der Waals surface area contributed by atoms with Crippen molar-refractivity contribution in [2.75, 3.05) is 5.32 Å². The molecule has 0 aliphatic heterocycles. The van der Waals surface area contributed by atoms with Crippen LogP contribution in [-0.2, 0) is 0 Å². The number of aromatic nitrogens is 1. The molecule has 0 aliphatic carbocycles. The summed E-state index contributed by atoms with van der Waals surface area (Å²) in [6.45, 7) is 6.05. The molecule has 0 saturated carbocycles. The van der Waals surface area contributed by atoms with E-state index in [1.54, 1.807) is 0 Å². The molecule has 0 amide bonds. The van der Waals surface area contributed by atoms with E-state index in [1.807, 2.05) is 37.4 Å². The van der Waals surface area contributed by atoms with E-state index in [9.17, 15) is 0 Å². The van der Waals surface area contributed by atoms with E-state index in [1.165, 1.54) is 11.1 Å². The quantitative estimate of drug-likeness (QED) is 0.461. The van der Waals surface area contributed by atoms with Crippen LogP contribution in [0.2, 0.25) is 0 Å². The highest BCUT2D eigenvalue weighted by atomic mass is 32.1. The molecular formula is C15H18N4S. The number of anilines is 1. The predicted octanol–water partition coefficient (Wildman–Crippen LogP) is 3.34. The summed E-state index contributed by atoms with van der Waals surface area (Å²) in [6, 6.07) is 9.96. The second-order valence-corrected chi connectivity index (χ2v) is 5.00. The van der Waals surface area contributed by atoms with Gasteiger partial charge in [-0.25, -0.2) is 0 Å². The number of hydrazone groups is 1. The van der Waals surface area contributed by atoms with Gasteiger partial charge in [0.05, 0.1) is 11.4 Å². The van der Waals surface area contributed by atoms with Crippen LogP contribution in [0.4, 0.5) is 5.69 Å². The number of hydrogen-bond donors (Lipinski definition) is 3. The van der Waals surface area contributed by atoms with Gasteiger partial charge in [0.15, 0.2) is 5.11 Å². The van der Waals surface area contributed by atoms with Crippen LogP contribution in [-0.4, -0.2) is 15.8 Å². The van der Waals surface area contributed by atoms with E-state index in [0.29, 0.717) is 5.11 Å². The number of nitrogens with zero attached hydrogens (tertiary/aromatic N) is 1. The van der Waals surface area contributed by atoms with Gasteiger partial charge in [-0.15, -0.1) is 0 Å². The van der Waals surface area contributed by atoms with Gasteiger partial charge in [0.1, 0.15) is 0 Å². The molecule has 0 atom stereocenters. The number of rotatable bonds is 3. The molecule has 0 spiro atoms. The third kappa shape index (κ3) is 3.45. The zero-order chi connectivity index (χ0) is 14.5. The van der Waals surface area contributed by atoms with E-state index < -0.39 is 0 Å². The highest BCUT2D eigenvalue weighted by Gasteiger charge is 2.03. The molecule has 20 heavy (non-hydrogen) atoms. The minimum atomic E-state index is 0.476. The van der Waals surface area contributed by atoms with Crippen LogP contribution in [0.3, 0.4) is 0 Å². The molecular weight excluding hydrogens is 268 g/mol. The summed E-state index contributed by atoms with van der Waals surface area (Å²) in [5, 5.41) is 7.88. The van der Waals surface area contributed by atoms with E-state index in [0.717, 1.165) is 17.1 Å². The minimum absolute atomic E-state index is 0.476. The molecule has 0 saturated heterocycles. The molecule has 104 valence electrons. The summed E-state index contributed by atoms with van der Waals surface area (Å²) in [7, 11) is 0.